The number of thioether (sulfide) groups is 1. The van der Waals surface area contributed by atoms with Crippen LogP contribution >= 0.6 is 11.8 Å². The van der Waals surface area contributed by atoms with Crippen molar-refractivity contribution in [2.75, 3.05) is 5.75 Å². The minimum atomic E-state index is -0.412. The Morgan fingerprint density at radius 2 is 2.12 bits per heavy atom. The van der Waals surface area contributed by atoms with E-state index in [9.17, 15) is 9.59 Å². The number of fused-ring (bicyclic) bond motifs is 1. The zero-order valence-corrected chi connectivity index (χ0v) is 14.4. The first-order valence-electron chi connectivity index (χ1n) is 8.16. The number of hydrogen-bond donors (Lipinski definition) is 2. The van der Waals surface area contributed by atoms with E-state index in [4.69, 9.17) is 0 Å². The number of amides is 3. The second-order valence-corrected chi connectivity index (χ2v) is 7.03. The van der Waals surface area contributed by atoms with Crippen LogP contribution in [-0.2, 0) is 4.79 Å². The molecule has 2 atom stereocenters. The standard InChI is InChI=1S/C16H21N5O2S/c1-11-6-2-3-7-12(11)17-15(23)18-14(22)10-24-16-20-19-13-8-4-5-9-21(13)16/h4-5,8-9,11-12H,2-3,6-7,10H2,1H3,(H2,17,18,22,23)/t11-,12+/m1/s1. The van der Waals surface area contributed by atoms with Crippen molar-refractivity contribution in [3.63, 3.8) is 0 Å². The van der Waals surface area contributed by atoms with Gasteiger partial charge in [-0.05, 0) is 30.9 Å². The van der Waals surface area contributed by atoms with E-state index in [1.165, 1.54) is 18.2 Å². The van der Waals surface area contributed by atoms with E-state index in [0.29, 0.717) is 11.1 Å². The Hall–Kier alpha value is -2.09. The number of aromatic nitrogens is 3. The van der Waals surface area contributed by atoms with Crippen molar-refractivity contribution in [3.05, 3.63) is 24.4 Å². The largest absolute Gasteiger partial charge is 0.335 e. The lowest BCUT2D eigenvalue weighted by Gasteiger charge is -2.29. The van der Waals surface area contributed by atoms with E-state index in [0.717, 1.165) is 24.9 Å². The van der Waals surface area contributed by atoms with Crippen LogP contribution in [0.2, 0.25) is 0 Å². The van der Waals surface area contributed by atoms with Crippen molar-refractivity contribution in [2.24, 2.45) is 5.92 Å². The molecule has 7 nitrogen and oxygen atoms in total. The molecule has 2 N–H and O–H groups in total. The molecule has 0 saturated heterocycles. The third-order valence-electron chi connectivity index (χ3n) is 4.30. The summed E-state index contributed by atoms with van der Waals surface area (Å²) in [5.74, 6) is 0.230. The maximum absolute atomic E-state index is 12.0. The number of urea groups is 1. The van der Waals surface area contributed by atoms with Gasteiger partial charge in [-0.15, -0.1) is 10.2 Å². The molecule has 1 aliphatic rings. The van der Waals surface area contributed by atoms with Crippen LogP contribution in [0.3, 0.4) is 0 Å². The first-order valence-corrected chi connectivity index (χ1v) is 9.15. The van der Waals surface area contributed by atoms with E-state index in [2.05, 4.69) is 27.8 Å². The Labute approximate surface area is 144 Å². The van der Waals surface area contributed by atoms with Gasteiger partial charge in [0.1, 0.15) is 0 Å². The van der Waals surface area contributed by atoms with Crippen LogP contribution in [0.5, 0.6) is 0 Å². The quantitative estimate of drug-likeness (QED) is 0.828. The highest BCUT2D eigenvalue weighted by Crippen LogP contribution is 2.23. The van der Waals surface area contributed by atoms with E-state index < -0.39 is 6.03 Å². The summed E-state index contributed by atoms with van der Waals surface area (Å²) in [6.45, 7) is 2.14. The molecule has 0 bridgehead atoms. The zero-order chi connectivity index (χ0) is 16.9. The van der Waals surface area contributed by atoms with E-state index >= 15 is 0 Å². The summed E-state index contributed by atoms with van der Waals surface area (Å²) < 4.78 is 1.81. The molecule has 1 fully saturated rings. The van der Waals surface area contributed by atoms with Crippen LogP contribution < -0.4 is 10.6 Å². The highest BCUT2D eigenvalue weighted by atomic mass is 32.2. The van der Waals surface area contributed by atoms with Crippen LogP contribution in [0.25, 0.3) is 5.65 Å². The monoisotopic (exact) mass is 347 g/mol. The number of carbonyl (C=O) groups is 2. The molecule has 3 rings (SSSR count). The molecule has 0 unspecified atom stereocenters. The van der Waals surface area contributed by atoms with Gasteiger partial charge in [0.25, 0.3) is 0 Å². The molecule has 1 saturated carbocycles. The van der Waals surface area contributed by atoms with Crippen molar-refractivity contribution in [2.45, 2.75) is 43.8 Å². The Morgan fingerprint density at radius 1 is 1.29 bits per heavy atom. The number of carbonyl (C=O) groups excluding carboxylic acids is 2. The molecule has 2 aromatic heterocycles. The zero-order valence-electron chi connectivity index (χ0n) is 13.6. The summed E-state index contributed by atoms with van der Waals surface area (Å²) in [6.07, 6.45) is 6.27. The third-order valence-corrected chi connectivity index (χ3v) is 5.24. The fourth-order valence-electron chi connectivity index (χ4n) is 2.95. The summed E-state index contributed by atoms with van der Waals surface area (Å²) in [6, 6.07) is 5.34. The second kappa shape index (κ2) is 7.65. The Morgan fingerprint density at radius 3 is 2.96 bits per heavy atom. The topological polar surface area (TPSA) is 88.4 Å². The number of nitrogens with zero attached hydrogens (tertiary/aromatic N) is 3. The lowest BCUT2D eigenvalue weighted by Crippen LogP contribution is -2.48. The first kappa shape index (κ1) is 16.8. The maximum Gasteiger partial charge on any atom is 0.321 e. The average molecular weight is 347 g/mol. The van der Waals surface area contributed by atoms with Crippen LogP contribution in [0.15, 0.2) is 29.6 Å². The molecule has 0 radical (unpaired) electrons. The molecule has 2 heterocycles. The summed E-state index contributed by atoms with van der Waals surface area (Å²) in [5.41, 5.74) is 0.726. The number of imide groups is 1. The van der Waals surface area contributed by atoms with Crippen molar-refractivity contribution >= 4 is 29.3 Å². The fourth-order valence-corrected chi connectivity index (χ4v) is 3.67. The van der Waals surface area contributed by atoms with Crippen molar-refractivity contribution in [3.8, 4) is 0 Å². The van der Waals surface area contributed by atoms with Gasteiger partial charge in [0.2, 0.25) is 5.91 Å². The highest BCUT2D eigenvalue weighted by molar-refractivity contribution is 7.99. The molecule has 8 heteroatoms. The summed E-state index contributed by atoms with van der Waals surface area (Å²) >= 11 is 1.25. The number of rotatable bonds is 4. The number of nitrogens with one attached hydrogen (secondary N) is 2. The SMILES string of the molecule is C[C@@H]1CCCC[C@@H]1NC(=O)NC(=O)CSc1nnc2ccccn12. The lowest BCUT2D eigenvalue weighted by atomic mass is 9.86. The first-order chi connectivity index (χ1) is 11.6. The maximum atomic E-state index is 12.0. The van der Waals surface area contributed by atoms with Gasteiger partial charge in [-0.2, -0.15) is 0 Å². The highest BCUT2D eigenvalue weighted by Gasteiger charge is 2.23. The van der Waals surface area contributed by atoms with Crippen LogP contribution in [0.1, 0.15) is 32.6 Å². The van der Waals surface area contributed by atoms with E-state index in [-0.39, 0.29) is 17.7 Å². The molecule has 2 aromatic rings. The van der Waals surface area contributed by atoms with Crippen molar-refractivity contribution in [1.29, 1.82) is 0 Å². The van der Waals surface area contributed by atoms with Gasteiger partial charge in [-0.25, -0.2) is 4.79 Å². The van der Waals surface area contributed by atoms with Gasteiger partial charge >= 0.3 is 6.03 Å². The molecule has 0 spiro atoms. The Kier molecular flexibility index (Phi) is 5.34. The van der Waals surface area contributed by atoms with Crippen molar-refractivity contribution in [1.82, 2.24) is 25.2 Å². The molecule has 0 aromatic carbocycles. The van der Waals surface area contributed by atoms with E-state index in [1.807, 2.05) is 28.8 Å². The van der Waals surface area contributed by atoms with E-state index in [1.54, 1.807) is 0 Å². The fraction of sp³-hybridized carbons (Fsp3) is 0.500. The van der Waals surface area contributed by atoms with Crippen molar-refractivity contribution < 1.29 is 9.59 Å². The predicted octanol–water partition coefficient (Wildman–Crippen LogP) is 2.23. The van der Waals surface area contributed by atoms with Gasteiger partial charge in [-0.3, -0.25) is 14.5 Å². The lowest BCUT2D eigenvalue weighted by molar-refractivity contribution is -0.117. The minimum absolute atomic E-state index is 0.114. The van der Waals surface area contributed by atoms with Gasteiger partial charge in [0.05, 0.1) is 5.75 Å². The molecule has 128 valence electrons. The minimum Gasteiger partial charge on any atom is -0.335 e. The van der Waals surface area contributed by atoms with Gasteiger partial charge < -0.3 is 5.32 Å². The molecular weight excluding hydrogens is 326 g/mol. The summed E-state index contributed by atoms with van der Waals surface area (Å²) in [4.78, 5) is 23.9. The van der Waals surface area contributed by atoms with Crippen LogP contribution in [0.4, 0.5) is 4.79 Å². The van der Waals surface area contributed by atoms with Gasteiger partial charge in [-0.1, -0.05) is 37.6 Å². The molecule has 1 aliphatic carbocycles. The predicted molar refractivity (Wildman–Crippen MR) is 91.8 cm³/mol. The third kappa shape index (κ3) is 4.05. The van der Waals surface area contributed by atoms with Crippen LogP contribution in [0, 0.1) is 5.92 Å². The van der Waals surface area contributed by atoms with Crippen LogP contribution in [-0.4, -0.2) is 38.3 Å². The smallest absolute Gasteiger partial charge is 0.321 e. The van der Waals surface area contributed by atoms with Gasteiger partial charge in [0.15, 0.2) is 10.8 Å². The molecule has 3 amide bonds. The molecule has 0 aliphatic heterocycles. The Bertz CT molecular complexity index is 732. The Balaban J connectivity index is 1.47. The summed E-state index contributed by atoms with van der Waals surface area (Å²) in [7, 11) is 0. The van der Waals surface area contributed by atoms with Gasteiger partial charge in [0, 0.05) is 12.2 Å². The second-order valence-electron chi connectivity index (χ2n) is 6.09. The molecule has 24 heavy (non-hydrogen) atoms. The normalized spacial score (nSPS) is 20.7. The summed E-state index contributed by atoms with van der Waals surface area (Å²) in [5, 5.41) is 14.0. The number of pyridine rings is 1. The molecular formula is C16H21N5O2S. The average Bonchev–Trinajstić information content (AvgIpc) is 2.98. The number of hydrogen-bond acceptors (Lipinski definition) is 5.